The van der Waals surface area contributed by atoms with Crippen molar-refractivity contribution in [3.05, 3.63) is 17.2 Å². The van der Waals surface area contributed by atoms with E-state index in [2.05, 4.69) is 23.8 Å². The Morgan fingerprint density at radius 1 is 1.58 bits per heavy atom. The Bertz CT molecular complexity index is 276. The lowest BCUT2D eigenvalue weighted by molar-refractivity contribution is 0.111. The number of aldehydes is 1. The standard InChI is InChI=1S/C9H14N2O/c1-6(2)4-9-10-7(3)8(5-12)11-9/h5-6H,4H2,1-3H3,(H,10,11). The number of rotatable bonds is 3. The van der Waals surface area contributed by atoms with Gasteiger partial charge in [0.2, 0.25) is 0 Å². The number of aromatic nitrogens is 2. The van der Waals surface area contributed by atoms with Crippen LogP contribution in [-0.2, 0) is 6.42 Å². The van der Waals surface area contributed by atoms with Gasteiger partial charge in [-0.3, -0.25) is 4.79 Å². The molecule has 0 aliphatic carbocycles. The van der Waals surface area contributed by atoms with E-state index in [0.717, 1.165) is 24.2 Å². The normalized spacial score (nSPS) is 10.7. The predicted octanol–water partition coefficient (Wildman–Crippen LogP) is 1.73. The van der Waals surface area contributed by atoms with Gasteiger partial charge in [-0.25, -0.2) is 4.98 Å². The summed E-state index contributed by atoms with van der Waals surface area (Å²) in [6, 6.07) is 0. The molecule has 0 atom stereocenters. The smallest absolute Gasteiger partial charge is 0.170 e. The highest BCUT2D eigenvalue weighted by atomic mass is 16.1. The summed E-state index contributed by atoms with van der Waals surface area (Å²) >= 11 is 0. The molecular weight excluding hydrogens is 152 g/mol. The molecule has 0 saturated carbocycles. The number of H-pyrrole nitrogens is 1. The molecule has 0 saturated heterocycles. The molecule has 3 heteroatoms. The van der Waals surface area contributed by atoms with Crippen LogP contribution in [0.2, 0.25) is 0 Å². The summed E-state index contributed by atoms with van der Waals surface area (Å²) in [5, 5.41) is 0. The van der Waals surface area contributed by atoms with Gasteiger partial charge in [0.1, 0.15) is 11.5 Å². The number of carbonyl (C=O) groups is 1. The van der Waals surface area contributed by atoms with Gasteiger partial charge < -0.3 is 4.98 Å². The van der Waals surface area contributed by atoms with Gasteiger partial charge in [0, 0.05) is 12.1 Å². The molecule has 0 spiro atoms. The van der Waals surface area contributed by atoms with Crippen LogP contribution in [0.15, 0.2) is 0 Å². The van der Waals surface area contributed by atoms with Gasteiger partial charge in [0.05, 0.1) is 0 Å². The number of carbonyl (C=O) groups excluding carboxylic acids is 1. The van der Waals surface area contributed by atoms with Crippen molar-refractivity contribution < 1.29 is 4.79 Å². The Hall–Kier alpha value is -1.12. The second-order valence-corrected chi connectivity index (χ2v) is 3.41. The molecule has 12 heavy (non-hydrogen) atoms. The Morgan fingerprint density at radius 2 is 2.25 bits per heavy atom. The Balaban J connectivity index is 2.82. The molecule has 0 amide bonds. The second-order valence-electron chi connectivity index (χ2n) is 3.41. The van der Waals surface area contributed by atoms with Crippen molar-refractivity contribution in [3.63, 3.8) is 0 Å². The van der Waals surface area contributed by atoms with Crippen molar-refractivity contribution >= 4 is 6.29 Å². The molecule has 66 valence electrons. The zero-order valence-electron chi connectivity index (χ0n) is 7.72. The third-order valence-electron chi connectivity index (χ3n) is 1.68. The Labute approximate surface area is 72.2 Å². The van der Waals surface area contributed by atoms with Crippen LogP contribution in [-0.4, -0.2) is 16.3 Å². The van der Waals surface area contributed by atoms with Crippen molar-refractivity contribution in [2.24, 2.45) is 5.92 Å². The second kappa shape index (κ2) is 3.52. The summed E-state index contributed by atoms with van der Waals surface area (Å²) in [5.74, 6) is 1.47. The van der Waals surface area contributed by atoms with Crippen LogP contribution in [0.25, 0.3) is 0 Å². The zero-order chi connectivity index (χ0) is 9.14. The van der Waals surface area contributed by atoms with Gasteiger partial charge in [-0.1, -0.05) is 13.8 Å². The summed E-state index contributed by atoms with van der Waals surface area (Å²) < 4.78 is 0. The number of aromatic amines is 1. The van der Waals surface area contributed by atoms with E-state index in [1.165, 1.54) is 0 Å². The van der Waals surface area contributed by atoms with Crippen molar-refractivity contribution in [3.8, 4) is 0 Å². The van der Waals surface area contributed by atoms with E-state index in [0.29, 0.717) is 11.6 Å². The zero-order valence-corrected chi connectivity index (χ0v) is 7.72. The lowest BCUT2D eigenvalue weighted by Crippen LogP contribution is -1.96. The van der Waals surface area contributed by atoms with Gasteiger partial charge in [0.15, 0.2) is 6.29 Å². The summed E-state index contributed by atoms with van der Waals surface area (Å²) in [5.41, 5.74) is 1.39. The van der Waals surface area contributed by atoms with Crippen LogP contribution < -0.4 is 0 Å². The summed E-state index contributed by atoms with van der Waals surface area (Å²) in [7, 11) is 0. The first-order chi connectivity index (χ1) is 5.63. The van der Waals surface area contributed by atoms with Gasteiger partial charge >= 0.3 is 0 Å². The maximum atomic E-state index is 10.4. The fourth-order valence-corrected chi connectivity index (χ4v) is 1.14. The third kappa shape index (κ3) is 1.94. The summed E-state index contributed by atoms with van der Waals surface area (Å²) in [6.45, 7) is 6.11. The molecule has 1 N–H and O–H groups in total. The largest absolute Gasteiger partial charge is 0.345 e. The molecule has 0 unspecified atom stereocenters. The molecule has 1 aromatic rings. The lowest BCUT2D eigenvalue weighted by atomic mass is 10.1. The highest BCUT2D eigenvalue weighted by Gasteiger charge is 2.06. The molecule has 3 nitrogen and oxygen atoms in total. The van der Waals surface area contributed by atoms with Crippen molar-refractivity contribution in [1.29, 1.82) is 0 Å². The lowest BCUT2D eigenvalue weighted by Gasteiger charge is -1.98. The quantitative estimate of drug-likeness (QED) is 0.695. The molecule has 1 rings (SSSR count). The van der Waals surface area contributed by atoms with E-state index in [1.54, 1.807) is 0 Å². The van der Waals surface area contributed by atoms with Gasteiger partial charge in [-0.05, 0) is 12.8 Å². The number of hydrogen-bond acceptors (Lipinski definition) is 2. The molecule has 0 bridgehead atoms. The molecular formula is C9H14N2O. The van der Waals surface area contributed by atoms with Crippen LogP contribution >= 0.6 is 0 Å². The van der Waals surface area contributed by atoms with Gasteiger partial charge in [0.25, 0.3) is 0 Å². The van der Waals surface area contributed by atoms with Crippen molar-refractivity contribution in [2.75, 3.05) is 0 Å². The minimum absolute atomic E-state index is 0.533. The number of nitrogens with one attached hydrogen (secondary N) is 1. The maximum absolute atomic E-state index is 10.4. The fourth-order valence-electron chi connectivity index (χ4n) is 1.14. The molecule has 0 aromatic carbocycles. The number of nitrogens with zero attached hydrogens (tertiary/aromatic N) is 1. The average molecular weight is 166 g/mol. The number of imidazole rings is 1. The topological polar surface area (TPSA) is 45.8 Å². The van der Waals surface area contributed by atoms with E-state index < -0.39 is 0 Å². The summed E-state index contributed by atoms with van der Waals surface area (Å²) in [6.07, 6.45) is 1.68. The van der Waals surface area contributed by atoms with Crippen LogP contribution in [0, 0.1) is 12.8 Å². The average Bonchev–Trinajstić information content (AvgIpc) is 2.29. The van der Waals surface area contributed by atoms with E-state index in [9.17, 15) is 4.79 Å². The van der Waals surface area contributed by atoms with Crippen LogP contribution in [0.4, 0.5) is 0 Å². The molecule has 0 aliphatic heterocycles. The SMILES string of the molecule is Cc1[nH]c(CC(C)C)nc1C=O. The number of aryl methyl sites for hydroxylation is 1. The van der Waals surface area contributed by atoms with E-state index in [4.69, 9.17) is 0 Å². The fraction of sp³-hybridized carbons (Fsp3) is 0.556. The first kappa shape index (κ1) is 8.97. The Kier molecular flexibility index (Phi) is 2.63. The van der Waals surface area contributed by atoms with Crippen LogP contribution in [0.5, 0.6) is 0 Å². The predicted molar refractivity (Wildman–Crippen MR) is 47.3 cm³/mol. The minimum atomic E-state index is 0.533. The van der Waals surface area contributed by atoms with Gasteiger partial charge in [-0.15, -0.1) is 0 Å². The molecule has 0 fully saturated rings. The maximum Gasteiger partial charge on any atom is 0.170 e. The summed E-state index contributed by atoms with van der Waals surface area (Å²) in [4.78, 5) is 17.7. The monoisotopic (exact) mass is 166 g/mol. The Morgan fingerprint density at radius 3 is 2.67 bits per heavy atom. The first-order valence-corrected chi connectivity index (χ1v) is 4.14. The first-order valence-electron chi connectivity index (χ1n) is 4.14. The molecule has 1 heterocycles. The highest BCUT2D eigenvalue weighted by Crippen LogP contribution is 2.07. The van der Waals surface area contributed by atoms with Crippen molar-refractivity contribution in [2.45, 2.75) is 27.2 Å². The van der Waals surface area contributed by atoms with Crippen LogP contribution in [0.3, 0.4) is 0 Å². The highest BCUT2D eigenvalue weighted by molar-refractivity contribution is 5.73. The minimum Gasteiger partial charge on any atom is -0.345 e. The molecule has 0 aliphatic rings. The van der Waals surface area contributed by atoms with Gasteiger partial charge in [-0.2, -0.15) is 0 Å². The van der Waals surface area contributed by atoms with E-state index in [1.807, 2.05) is 6.92 Å². The third-order valence-corrected chi connectivity index (χ3v) is 1.68. The van der Waals surface area contributed by atoms with Crippen molar-refractivity contribution in [1.82, 2.24) is 9.97 Å². The van der Waals surface area contributed by atoms with E-state index >= 15 is 0 Å². The van der Waals surface area contributed by atoms with Crippen LogP contribution in [0.1, 0.15) is 35.9 Å². The molecule has 0 radical (unpaired) electrons. The number of hydrogen-bond donors (Lipinski definition) is 1. The molecule has 1 aromatic heterocycles. The van der Waals surface area contributed by atoms with E-state index in [-0.39, 0.29) is 0 Å².